The van der Waals surface area contributed by atoms with Gasteiger partial charge < -0.3 is 10.6 Å². The summed E-state index contributed by atoms with van der Waals surface area (Å²) in [6, 6.07) is 14.3. The molecule has 1 aliphatic rings. The van der Waals surface area contributed by atoms with Crippen molar-refractivity contribution in [3.63, 3.8) is 0 Å². The van der Waals surface area contributed by atoms with Crippen LogP contribution in [0.1, 0.15) is 35.6 Å². The Morgan fingerprint density at radius 2 is 1.91 bits per heavy atom. The Kier molecular flexibility index (Phi) is 4.37. The molecule has 4 heteroatoms. The highest BCUT2D eigenvalue weighted by Gasteiger charge is 2.21. The molecule has 0 fully saturated rings. The summed E-state index contributed by atoms with van der Waals surface area (Å²) in [7, 11) is 0. The molecule has 0 aliphatic heterocycles. The summed E-state index contributed by atoms with van der Waals surface area (Å²) in [5.74, 6) is -0.271. The zero-order chi connectivity index (χ0) is 15.4. The standard InChI is InChI=1S/C18H19FN2O/c19-15-10-8-13(9-11-15)12-20-18(22)21-17-7-3-5-14-4-1-2-6-16(14)17/h1-2,4,6,8-11,17H,3,5,7,12H2,(H2,20,21,22). The van der Waals surface area contributed by atoms with Gasteiger partial charge in [-0.05, 0) is 48.1 Å². The predicted molar refractivity (Wildman–Crippen MR) is 83.9 cm³/mol. The number of urea groups is 1. The molecule has 114 valence electrons. The van der Waals surface area contributed by atoms with Crippen LogP contribution in [-0.4, -0.2) is 6.03 Å². The molecule has 2 amide bonds. The summed E-state index contributed by atoms with van der Waals surface area (Å²) in [6.07, 6.45) is 3.12. The molecule has 2 aromatic carbocycles. The van der Waals surface area contributed by atoms with E-state index in [-0.39, 0.29) is 17.9 Å². The molecule has 3 nitrogen and oxygen atoms in total. The van der Waals surface area contributed by atoms with Crippen LogP contribution in [0.2, 0.25) is 0 Å². The molecule has 2 N–H and O–H groups in total. The predicted octanol–water partition coefficient (Wildman–Crippen LogP) is 3.70. The largest absolute Gasteiger partial charge is 0.334 e. The minimum absolute atomic E-state index is 0.0677. The first-order chi connectivity index (χ1) is 10.7. The molecule has 1 aliphatic carbocycles. The van der Waals surface area contributed by atoms with Gasteiger partial charge >= 0.3 is 6.03 Å². The highest BCUT2D eigenvalue weighted by molar-refractivity contribution is 5.74. The minimum atomic E-state index is -0.271. The lowest BCUT2D eigenvalue weighted by Gasteiger charge is -2.26. The number of rotatable bonds is 3. The molecular formula is C18H19FN2O. The molecule has 0 heterocycles. The lowest BCUT2D eigenvalue weighted by molar-refractivity contribution is 0.235. The summed E-state index contributed by atoms with van der Waals surface area (Å²) in [5.41, 5.74) is 3.41. The Bertz CT molecular complexity index is 654. The van der Waals surface area contributed by atoms with Gasteiger partial charge in [-0.3, -0.25) is 0 Å². The first-order valence-electron chi connectivity index (χ1n) is 7.59. The van der Waals surface area contributed by atoms with Gasteiger partial charge in [0.15, 0.2) is 0 Å². The van der Waals surface area contributed by atoms with Gasteiger partial charge in [0.25, 0.3) is 0 Å². The summed E-state index contributed by atoms with van der Waals surface area (Å²) < 4.78 is 12.8. The van der Waals surface area contributed by atoms with Crippen molar-refractivity contribution < 1.29 is 9.18 Å². The highest BCUT2D eigenvalue weighted by atomic mass is 19.1. The number of hydrogen-bond donors (Lipinski definition) is 2. The van der Waals surface area contributed by atoms with E-state index in [9.17, 15) is 9.18 Å². The number of amides is 2. The van der Waals surface area contributed by atoms with Crippen molar-refractivity contribution in [3.05, 3.63) is 71.0 Å². The number of halogens is 1. The zero-order valence-electron chi connectivity index (χ0n) is 12.3. The summed E-state index contributed by atoms with van der Waals surface area (Å²) in [4.78, 5) is 12.1. The monoisotopic (exact) mass is 298 g/mol. The first kappa shape index (κ1) is 14.6. The van der Waals surface area contributed by atoms with Crippen molar-refractivity contribution in [3.8, 4) is 0 Å². The Balaban J connectivity index is 1.57. The fourth-order valence-electron chi connectivity index (χ4n) is 2.90. The maximum absolute atomic E-state index is 12.8. The van der Waals surface area contributed by atoms with Crippen LogP contribution in [0.15, 0.2) is 48.5 Å². The lowest BCUT2D eigenvalue weighted by atomic mass is 9.88. The fraction of sp³-hybridized carbons (Fsp3) is 0.278. The summed E-state index contributed by atoms with van der Waals surface area (Å²) in [5, 5.41) is 5.86. The molecule has 22 heavy (non-hydrogen) atoms. The van der Waals surface area contributed by atoms with E-state index in [2.05, 4.69) is 22.8 Å². The first-order valence-corrected chi connectivity index (χ1v) is 7.59. The van der Waals surface area contributed by atoms with Crippen molar-refractivity contribution in [1.82, 2.24) is 10.6 Å². The van der Waals surface area contributed by atoms with E-state index in [0.29, 0.717) is 6.54 Å². The second-order valence-electron chi connectivity index (χ2n) is 5.60. The van der Waals surface area contributed by atoms with Gasteiger partial charge in [-0.2, -0.15) is 0 Å². The lowest BCUT2D eigenvalue weighted by Crippen LogP contribution is -2.38. The third-order valence-corrected chi connectivity index (χ3v) is 4.04. The van der Waals surface area contributed by atoms with Gasteiger partial charge in [0.2, 0.25) is 0 Å². The van der Waals surface area contributed by atoms with Crippen LogP contribution in [0.3, 0.4) is 0 Å². The average Bonchev–Trinajstić information content (AvgIpc) is 2.55. The summed E-state index contributed by atoms with van der Waals surface area (Å²) >= 11 is 0. The molecule has 0 saturated heterocycles. The van der Waals surface area contributed by atoms with E-state index in [0.717, 1.165) is 24.8 Å². The minimum Gasteiger partial charge on any atom is -0.334 e. The van der Waals surface area contributed by atoms with Crippen molar-refractivity contribution in [2.75, 3.05) is 0 Å². The van der Waals surface area contributed by atoms with Crippen molar-refractivity contribution in [2.45, 2.75) is 31.8 Å². The molecular weight excluding hydrogens is 279 g/mol. The van der Waals surface area contributed by atoms with Crippen LogP contribution in [0.5, 0.6) is 0 Å². The third kappa shape index (κ3) is 3.45. The van der Waals surface area contributed by atoms with Crippen LogP contribution in [0.4, 0.5) is 9.18 Å². The van der Waals surface area contributed by atoms with Crippen molar-refractivity contribution in [2.24, 2.45) is 0 Å². The molecule has 1 atom stereocenters. The van der Waals surface area contributed by atoms with Gasteiger partial charge in [-0.25, -0.2) is 9.18 Å². The topological polar surface area (TPSA) is 41.1 Å². The van der Waals surface area contributed by atoms with Crippen molar-refractivity contribution in [1.29, 1.82) is 0 Å². The van der Waals surface area contributed by atoms with Gasteiger partial charge in [0, 0.05) is 6.54 Å². The van der Waals surface area contributed by atoms with E-state index in [1.807, 2.05) is 12.1 Å². The fourth-order valence-corrected chi connectivity index (χ4v) is 2.90. The Labute approximate surface area is 129 Å². The Morgan fingerprint density at radius 1 is 1.14 bits per heavy atom. The van der Waals surface area contributed by atoms with Crippen LogP contribution in [-0.2, 0) is 13.0 Å². The Hall–Kier alpha value is -2.36. The second kappa shape index (κ2) is 6.60. The van der Waals surface area contributed by atoms with Gasteiger partial charge in [0.05, 0.1) is 6.04 Å². The SMILES string of the molecule is O=C(NCc1ccc(F)cc1)NC1CCCc2ccccc21. The smallest absolute Gasteiger partial charge is 0.315 e. The maximum atomic E-state index is 12.8. The molecule has 2 aromatic rings. The third-order valence-electron chi connectivity index (χ3n) is 4.04. The van der Waals surface area contributed by atoms with E-state index >= 15 is 0 Å². The van der Waals surface area contributed by atoms with E-state index in [1.54, 1.807) is 12.1 Å². The molecule has 3 rings (SSSR count). The van der Waals surface area contributed by atoms with Crippen LogP contribution >= 0.6 is 0 Å². The van der Waals surface area contributed by atoms with Gasteiger partial charge in [-0.1, -0.05) is 36.4 Å². The van der Waals surface area contributed by atoms with Gasteiger partial charge in [0.1, 0.15) is 5.82 Å². The van der Waals surface area contributed by atoms with Crippen LogP contribution < -0.4 is 10.6 Å². The number of carbonyl (C=O) groups excluding carboxylic acids is 1. The number of benzene rings is 2. The van der Waals surface area contributed by atoms with E-state index in [4.69, 9.17) is 0 Å². The van der Waals surface area contributed by atoms with Crippen LogP contribution in [0, 0.1) is 5.82 Å². The van der Waals surface area contributed by atoms with E-state index in [1.165, 1.54) is 23.3 Å². The number of hydrogen-bond acceptors (Lipinski definition) is 1. The molecule has 0 bridgehead atoms. The van der Waals surface area contributed by atoms with E-state index < -0.39 is 0 Å². The number of aryl methyl sites for hydroxylation is 1. The quantitative estimate of drug-likeness (QED) is 0.891. The summed E-state index contributed by atoms with van der Waals surface area (Å²) in [6.45, 7) is 0.389. The molecule has 0 spiro atoms. The average molecular weight is 298 g/mol. The van der Waals surface area contributed by atoms with Gasteiger partial charge in [-0.15, -0.1) is 0 Å². The molecule has 1 unspecified atom stereocenters. The molecule has 0 radical (unpaired) electrons. The number of fused-ring (bicyclic) bond motifs is 1. The zero-order valence-corrected chi connectivity index (χ0v) is 12.3. The van der Waals surface area contributed by atoms with Crippen molar-refractivity contribution >= 4 is 6.03 Å². The second-order valence-corrected chi connectivity index (χ2v) is 5.60. The normalized spacial score (nSPS) is 16.7. The van der Waals surface area contributed by atoms with Crippen LogP contribution in [0.25, 0.3) is 0 Å². The highest BCUT2D eigenvalue weighted by Crippen LogP contribution is 2.29. The number of nitrogens with one attached hydrogen (secondary N) is 2. The molecule has 0 saturated carbocycles. The maximum Gasteiger partial charge on any atom is 0.315 e. The molecule has 0 aromatic heterocycles. The number of carbonyl (C=O) groups is 1. The Morgan fingerprint density at radius 3 is 2.73 bits per heavy atom.